The van der Waals surface area contributed by atoms with Crippen molar-refractivity contribution in [2.24, 2.45) is 0 Å². The smallest absolute Gasteiger partial charge is 0.122 e. The molecule has 1 aromatic rings. The molecule has 0 bridgehead atoms. The minimum atomic E-state index is -0.764. The van der Waals surface area contributed by atoms with Gasteiger partial charge in [0.2, 0.25) is 0 Å². The highest BCUT2D eigenvalue weighted by molar-refractivity contribution is 6.99. The van der Waals surface area contributed by atoms with E-state index in [0.29, 0.717) is 6.54 Å². The van der Waals surface area contributed by atoms with Gasteiger partial charge in [0.25, 0.3) is 0 Å². The zero-order chi connectivity index (χ0) is 9.31. The molecule has 2 heterocycles. The molecule has 5 heteroatoms. The van der Waals surface area contributed by atoms with Crippen molar-refractivity contribution in [1.29, 1.82) is 0 Å². The van der Waals surface area contributed by atoms with Crippen molar-refractivity contribution >= 4 is 11.7 Å². The molecule has 1 atom stereocenters. The molecule has 2 rings (SSSR count). The van der Waals surface area contributed by atoms with Crippen molar-refractivity contribution in [2.45, 2.75) is 18.4 Å². The Morgan fingerprint density at radius 3 is 3.15 bits per heavy atom. The molecule has 1 unspecified atom stereocenters. The van der Waals surface area contributed by atoms with Gasteiger partial charge in [0, 0.05) is 6.54 Å². The Bertz CT molecular complexity index is 277. The lowest BCUT2D eigenvalue weighted by atomic mass is 9.90. The third-order valence-corrected chi connectivity index (χ3v) is 2.98. The molecule has 1 saturated heterocycles. The fraction of sp³-hybridized carbons (Fsp3) is 0.750. The molecule has 13 heavy (non-hydrogen) atoms. The number of likely N-dealkylation sites (N-methyl/N-ethyl adjacent to an activating group) is 1. The molecule has 1 aromatic heterocycles. The number of aliphatic hydroxyl groups is 1. The van der Waals surface area contributed by atoms with Crippen LogP contribution in [0.15, 0.2) is 6.20 Å². The summed E-state index contributed by atoms with van der Waals surface area (Å²) < 4.78 is 8.02. The molecule has 72 valence electrons. The molecule has 0 radical (unpaired) electrons. The van der Waals surface area contributed by atoms with Crippen molar-refractivity contribution in [3.63, 3.8) is 0 Å². The zero-order valence-corrected chi connectivity index (χ0v) is 8.42. The third-order valence-electron chi connectivity index (χ3n) is 2.50. The molecule has 0 saturated carbocycles. The van der Waals surface area contributed by atoms with Crippen molar-refractivity contribution in [3.05, 3.63) is 11.9 Å². The van der Waals surface area contributed by atoms with Crippen LogP contribution < -0.4 is 0 Å². The summed E-state index contributed by atoms with van der Waals surface area (Å²) >= 11 is 1.15. The molecule has 0 spiro atoms. The van der Waals surface area contributed by atoms with Crippen molar-refractivity contribution in [2.75, 3.05) is 20.1 Å². The fourth-order valence-corrected chi connectivity index (χ4v) is 2.32. The van der Waals surface area contributed by atoms with Crippen LogP contribution in [-0.4, -0.2) is 38.9 Å². The molecule has 1 N–H and O–H groups in total. The van der Waals surface area contributed by atoms with Gasteiger partial charge in [-0.3, -0.25) is 0 Å². The molecule has 1 fully saturated rings. The van der Waals surface area contributed by atoms with Gasteiger partial charge < -0.3 is 10.0 Å². The number of rotatable bonds is 1. The number of hydrogen-bond acceptors (Lipinski definition) is 5. The second-order valence-electron chi connectivity index (χ2n) is 3.67. The highest BCUT2D eigenvalue weighted by Gasteiger charge is 2.35. The number of hydrogen-bond donors (Lipinski definition) is 1. The first-order valence-electron chi connectivity index (χ1n) is 4.40. The summed E-state index contributed by atoms with van der Waals surface area (Å²) in [4.78, 5) is 2.13. The number of piperidine rings is 1. The summed E-state index contributed by atoms with van der Waals surface area (Å²) in [5.74, 6) is 0. The predicted molar refractivity (Wildman–Crippen MR) is 50.5 cm³/mol. The van der Waals surface area contributed by atoms with Gasteiger partial charge in [-0.25, -0.2) is 0 Å². The van der Waals surface area contributed by atoms with E-state index in [0.717, 1.165) is 36.8 Å². The SMILES string of the molecule is CN1CCCC(O)(c2cnsn2)C1. The van der Waals surface area contributed by atoms with E-state index in [4.69, 9.17) is 0 Å². The van der Waals surface area contributed by atoms with Gasteiger partial charge >= 0.3 is 0 Å². The topological polar surface area (TPSA) is 49.2 Å². The van der Waals surface area contributed by atoms with E-state index in [1.165, 1.54) is 0 Å². The first-order valence-corrected chi connectivity index (χ1v) is 5.13. The van der Waals surface area contributed by atoms with E-state index in [9.17, 15) is 5.11 Å². The lowest BCUT2D eigenvalue weighted by Gasteiger charge is -2.35. The molecule has 4 nitrogen and oxygen atoms in total. The summed E-state index contributed by atoms with van der Waals surface area (Å²) in [6, 6.07) is 0. The Hall–Kier alpha value is -0.520. The fourth-order valence-electron chi connectivity index (χ4n) is 1.82. The zero-order valence-electron chi connectivity index (χ0n) is 7.60. The van der Waals surface area contributed by atoms with Gasteiger partial charge in [-0.2, -0.15) is 8.75 Å². The van der Waals surface area contributed by atoms with Crippen LogP contribution in [0.2, 0.25) is 0 Å². The number of aromatic nitrogens is 2. The molecule has 1 aliphatic rings. The summed E-state index contributed by atoms with van der Waals surface area (Å²) in [7, 11) is 2.02. The monoisotopic (exact) mass is 199 g/mol. The van der Waals surface area contributed by atoms with E-state index < -0.39 is 5.60 Å². The van der Waals surface area contributed by atoms with Crippen molar-refractivity contribution in [3.8, 4) is 0 Å². The van der Waals surface area contributed by atoms with E-state index in [2.05, 4.69) is 13.6 Å². The first kappa shape index (κ1) is 9.05. The molecule has 0 amide bonds. The van der Waals surface area contributed by atoms with E-state index >= 15 is 0 Å². The Morgan fingerprint density at radius 1 is 1.69 bits per heavy atom. The van der Waals surface area contributed by atoms with Crippen LogP contribution in [0.25, 0.3) is 0 Å². The average molecular weight is 199 g/mol. The van der Waals surface area contributed by atoms with Crippen LogP contribution in [-0.2, 0) is 5.60 Å². The Labute approximate surface area is 81.5 Å². The van der Waals surface area contributed by atoms with Crippen molar-refractivity contribution in [1.82, 2.24) is 13.6 Å². The largest absolute Gasteiger partial charge is 0.382 e. The van der Waals surface area contributed by atoms with Crippen molar-refractivity contribution < 1.29 is 5.11 Å². The Balaban J connectivity index is 2.20. The summed E-state index contributed by atoms with van der Waals surface area (Å²) in [6.45, 7) is 1.72. The lowest BCUT2D eigenvalue weighted by molar-refractivity contribution is -0.0306. The van der Waals surface area contributed by atoms with Crippen LogP contribution in [0, 0.1) is 0 Å². The minimum Gasteiger partial charge on any atom is -0.382 e. The van der Waals surface area contributed by atoms with Crippen LogP contribution in [0.3, 0.4) is 0 Å². The quantitative estimate of drug-likeness (QED) is 0.713. The normalized spacial score (nSPS) is 30.6. The highest BCUT2D eigenvalue weighted by atomic mass is 32.1. The number of nitrogens with zero attached hydrogens (tertiary/aromatic N) is 3. The summed E-state index contributed by atoms with van der Waals surface area (Å²) in [5.41, 5.74) is -0.0379. The summed E-state index contributed by atoms with van der Waals surface area (Å²) in [6.07, 6.45) is 3.48. The Kier molecular flexibility index (Phi) is 2.31. The predicted octanol–water partition coefficient (Wildman–Crippen LogP) is 0.451. The molecule has 0 aliphatic carbocycles. The number of β-amino-alcohol motifs (C(OH)–C–C–N with tert-alkyl or cyclic N) is 1. The number of likely N-dealkylation sites (tertiary alicyclic amines) is 1. The maximum absolute atomic E-state index is 10.3. The Morgan fingerprint density at radius 2 is 2.54 bits per heavy atom. The van der Waals surface area contributed by atoms with Crippen LogP contribution >= 0.6 is 11.7 Å². The lowest BCUT2D eigenvalue weighted by Crippen LogP contribution is -2.44. The second kappa shape index (κ2) is 3.32. The molecular formula is C8H13N3OS. The van der Waals surface area contributed by atoms with E-state index in [1.54, 1.807) is 6.20 Å². The molecule has 1 aliphatic heterocycles. The van der Waals surface area contributed by atoms with Gasteiger partial charge in [0.05, 0.1) is 17.9 Å². The van der Waals surface area contributed by atoms with Gasteiger partial charge in [0.15, 0.2) is 0 Å². The average Bonchev–Trinajstić information content (AvgIpc) is 2.55. The maximum Gasteiger partial charge on any atom is 0.122 e. The molecule has 0 aromatic carbocycles. The van der Waals surface area contributed by atoms with Gasteiger partial charge in [-0.1, -0.05) is 0 Å². The molecular weight excluding hydrogens is 186 g/mol. The van der Waals surface area contributed by atoms with Gasteiger partial charge in [-0.15, -0.1) is 0 Å². The first-order chi connectivity index (χ1) is 6.21. The van der Waals surface area contributed by atoms with Gasteiger partial charge in [0.1, 0.15) is 11.3 Å². The highest BCUT2D eigenvalue weighted by Crippen LogP contribution is 2.29. The third kappa shape index (κ3) is 1.72. The standard InChI is InChI=1S/C8H13N3OS/c1-11-4-2-3-8(12,6-11)7-5-9-13-10-7/h5,12H,2-4,6H2,1H3. The minimum absolute atomic E-state index is 0.665. The summed E-state index contributed by atoms with van der Waals surface area (Å²) in [5, 5.41) is 10.3. The van der Waals surface area contributed by atoms with Crippen LogP contribution in [0.1, 0.15) is 18.5 Å². The second-order valence-corrected chi connectivity index (χ2v) is 4.22. The van der Waals surface area contributed by atoms with E-state index in [-0.39, 0.29) is 0 Å². The maximum atomic E-state index is 10.3. The van der Waals surface area contributed by atoms with Gasteiger partial charge in [-0.05, 0) is 26.4 Å². The van der Waals surface area contributed by atoms with Crippen LogP contribution in [0.4, 0.5) is 0 Å². The van der Waals surface area contributed by atoms with E-state index in [1.807, 2.05) is 7.05 Å². The van der Waals surface area contributed by atoms with Crippen LogP contribution in [0.5, 0.6) is 0 Å².